The van der Waals surface area contributed by atoms with Crippen molar-refractivity contribution in [2.75, 3.05) is 32.7 Å². The smallest absolute Gasteiger partial charge is 0.191 e. The fraction of sp³-hybridized carbons (Fsp3) is 0.650. The summed E-state index contributed by atoms with van der Waals surface area (Å²) in [5.74, 6) is 0.928. The Morgan fingerprint density at radius 1 is 1.00 bits per heavy atom. The van der Waals surface area contributed by atoms with Crippen molar-refractivity contribution < 1.29 is 0 Å². The van der Waals surface area contributed by atoms with Crippen molar-refractivity contribution in [2.24, 2.45) is 4.99 Å². The van der Waals surface area contributed by atoms with Crippen LogP contribution in [-0.2, 0) is 6.54 Å². The van der Waals surface area contributed by atoms with E-state index in [0.717, 1.165) is 25.6 Å². The van der Waals surface area contributed by atoms with Gasteiger partial charge in [0.25, 0.3) is 0 Å². The van der Waals surface area contributed by atoms with Gasteiger partial charge in [-0.15, -0.1) is 0 Å². The van der Waals surface area contributed by atoms with Crippen LogP contribution in [0.5, 0.6) is 0 Å². The van der Waals surface area contributed by atoms with E-state index in [1.54, 1.807) is 0 Å². The van der Waals surface area contributed by atoms with Gasteiger partial charge in [0.15, 0.2) is 5.96 Å². The van der Waals surface area contributed by atoms with E-state index in [9.17, 15) is 0 Å². The Bertz CT molecular complexity index is 452. The highest BCUT2D eigenvalue weighted by Gasteiger charge is 2.08. The van der Waals surface area contributed by atoms with Crippen LogP contribution in [0, 0.1) is 0 Å². The van der Waals surface area contributed by atoms with Crippen LogP contribution in [0.25, 0.3) is 0 Å². The third-order valence-corrected chi connectivity index (χ3v) is 4.50. The van der Waals surface area contributed by atoms with Crippen LogP contribution in [-0.4, -0.2) is 43.6 Å². The van der Waals surface area contributed by atoms with Gasteiger partial charge in [-0.25, -0.2) is 4.99 Å². The molecular formula is C20H34N4. The number of rotatable bonds is 9. The SMILES string of the molecule is CCNC(=NCc1ccccc1)NCCCCCN1CCCCC1. The second-order valence-corrected chi connectivity index (χ2v) is 6.57. The zero-order valence-corrected chi connectivity index (χ0v) is 15.3. The van der Waals surface area contributed by atoms with Gasteiger partial charge in [0.1, 0.15) is 0 Å². The number of nitrogens with one attached hydrogen (secondary N) is 2. The van der Waals surface area contributed by atoms with Crippen molar-refractivity contribution >= 4 is 5.96 Å². The molecule has 2 N–H and O–H groups in total. The van der Waals surface area contributed by atoms with Crippen LogP contribution in [0.15, 0.2) is 35.3 Å². The van der Waals surface area contributed by atoms with Crippen molar-refractivity contribution in [1.29, 1.82) is 0 Å². The summed E-state index contributed by atoms with van der Waals surface area (Å²) in [6, 6.07) is 10.4. The van der Waals surface area contributed by atoms with Gasteiger partial charge in [0.2, 0.25) is 0 Å². The number of benzene rings is 1. The lowest BCUT2D eigenvalue weighted by atomic mass is 10.1. The molecule has 0 unspecified atom stereocenters. The van der Waals surface area contributed by atoms with Crippen molar-refractivity contribution in [2.45, 2.75) is 52.0 Å². The molecule has 0 atom stereocenters. The summed E-state index contributed by atoms with van der Waals surface area (Å²) in [5, 5.41) is 6.78. The standard InChI is InChI=1S/C20H34N4/c1-2-21-20(23-18-19-12-6-3-7-13-19)22-14-8-4-9-15-24-16-10-5-11-17-24/h3,6-7,12-13H,2,4-5,8-11,14-18H2,1H3,(H2,21,22,23). The van der Waals surface area contributed by atoms with Gasteiger partial charge in [-0.05, 0) is 57.8 Å². The normalized spacial score (nSPS) is 16.1. The van der Waals surface area contributed by atoms with Gasteiger partial charge < -0.3 is 15.5 Å². The average Bonchev–Trinajstić information content (AvgIpc) is 2.64. The molecule has 1 aliphatic rings. The van der Waals surface area contributed by atoms with Crippen molar-refractivity contribution in [3.63, 3.8) is 0 Å². The first-order valence-electron chi connectivity index (χ1n) is 9.67. The van der Waals surface area contributed by atoms with E-state index < -0.39 is 0 Å². The molecule has 0 saturated carbocycles. The predicted octanol–water partition coefficient (Wildman–Crippen LogP) is 3.40. The van der Waals surface area contributed by atoms with E-state index in [4.69, 9.17) is 0 Å². The summed E-state index contributed by atoms with van der Waals surface area (Å²) in [4.78, 5) is 7.29. The molecule has 0 spiro atoms. The maximum Gasteiger partial charge on any atom is 0.191 e. The molecular weight excluding hydrogens is 296 g/mol. The monoisotopic (exact) mass is 330 g/mol. The molecule has 1 aliphatic heterocycles. The number of guanidine groups is 1. The molecule has 1 fully saturated rings. The van der Waals surface area contributed by atoms with Crippen LogP contribution in [0.4, 0.5) is 0 Å². The first-order valence-corrected chi connectivity index (χ1v) is 9.67. The molecule has 1 aromatic carbocycles. The molecule has 4 heteroatoms. The minimum absolute atomic E-state index is 0.727. The summed E-state index contributed by atoms with van der Waals surface area (Å²) in [6.07, 6.45) is 8.04. The molecule has 0 amide bonds. The summed E-state index contributed by atoms with van der Waals surface area (Å²) in [7, 11) is 0. The molecule has 1 heterocycles. The molecule has 1 aromatic rings. The molecule has 0 radical (unpaired) electrons. The Morgan fingerprint density at radius 3 is 2.54 bits per heavy atom. The minimum Gasteiger partial charge on any atom is -0.357 e. The van der Waals surface area contributed by atoms with Crippen LogP contribution >= 0.6 is 0 Å². The molecule has 4 nitrogen and oxygen atoms in total. The van der Waals surface area contributed by atoms with Gasteiger partial charge >= 0.3 is 0 Å². The lowest BCUT2D eigenvalue weighted by molar-refractivity contribution is 0.224. The Kier molecular flexibility index (Phi) is 9.32. The zero-order valence-electron chi connectivity index (χ0n) is 15.3. The first kappa shape index (κ1) is 18.8. The van der Waals surface area contributed by atoms with Crippen molar-refractivity contribution in [3.05, 3.63) is 35.9 Å². The number of piperidine rings is 1. The fourth-order valence-electron chi connectivity index (χ4n) is 3.12. The maximum atomic E-state index is 4.66. The number of likely N-dealkylation sites (tertiary alicyclic amines) is 1. The van der Waals surface area contributed by atoms with Crippen molar-refractivity contribution in [3.8, 4) is 0 Å². The lowest BCUT2D eigenvalue weighted by Gasteiger charge is -2.26. The van der Waals surface area contributed by atoms with Gasteiger partial charge in [0, 0.05) is 13.1 Å². The van der Waals surface area contributed by atoms with Crippen LogP contribution in [0.3, 0.4) is 0 Å². The Morgan fingerprint density at radius 2 is 1.79 bits per heavy atom. The van der Waals surface area contributed by atoms with Crippen LogP contribution in [0.2, 0.25) is 0 Å². The topological polar surface area (TPSA) is 39.7 Å². The molecule has 2 rings (SSSR count). The van der Waals surface area contributed by atoms with E-state index in [1.165, 1.54) is 63.7 Å². The second kappa shape index (κ2) is 11.9. The Hall–Kier alpha value is -1.55. The highest BCUT2D eigenvalue weighted by atomic mass is 15.2. The highest BCUT2D eigenvalue weighted by Crippen LogP contribution is 2.09. The third kappa shape index (κ3) is 7.82. The van der Waals surface area contributed by atoms with Crippen LogP contribution < -0.4 is 10.6 Å². The molecule has 0 aromatic heterocycles. The summed E-state index contributed by atoms with van der Waals surface area (Å²) in [6.45, 7) is 8.64. The minimum atomic E-state index is 0.727. The van der Waals surface area contributed by atoms with Gasteiger partial charge in [-0.3, -0.25) is 0 Å². The molecule has 24 heavy (non-hydrogen) atoms. The second-order valence-electron chi connectivity index (χ2n) is 6.57. The largest absolute Gasteiger partial charge is 0.357 e. The molecule has 1 saturated heterocycles. The first-order chi connectivity index (χ1) is 11.9. The molecule has 134 valence electrons. The van der Waals surface area contributed by atoms with Crippen molar-refractivity contribution in [1.82, 2.24) is 15.5 Å². The van der Waals surface area contributed by atoms with E-state index in [0.29, 0.717) is 0 Å². The molecule has 0 aliphatic carbocycles. The van der Waals surface area contributed by atoms with Gasteiger partial charge in [-0.2, -0.15) is 0 Å². The van der Waals surface area contributed by atoms with E-state index in [1.807, 2.05) is 6.07 Å². The lowest BCUT2D eigenvalue weighted by Crippen LogP contribution is -2.37. The average molecular weight is 331 g/mol. The Labute approximate surface area is 147 Å². The van der Waals surface area contributed by atoms with Crippen LogP contribution in [0.1, 0.15) is 51.0 Å². The fourth-order valence-corrected chi connectivity index (χ4v) is 3.12. The van der Waals surface area contributed by atoms with Gasteiger partial charge in [0.05, 0.1) is 6.54 Å². The summed E-state index contributed by atoms with van der Waals surface area (Å²) in [5.41, 5.74) is 1.25. The third-order valence-electron chi connectivity index (χ3n) is 4.50. The number of aliphatic imine (C=N–C) groups is 1. The van der Waals surface area contributed by atoms with E-state index in [-0.39, 0.29) is 0 Å². The Balaban J connectivity index is 1.58. The number of unbranched alkanes of at least 4 members (excludes halogenated alkanes) is 2. The zero-order chi connectivity index (χ0) is 16.9. The highest BCUT2D eigenvalue weighted by molar-refractivity contribution is 5.79. The summed E-state index contributed by atoms with van der Waals surface area (Å²) < 4.78 is 0. The van der Waals surface area contributed by atoms with Gasteiger partial charge in [-0.1, -0.05) is 43.2 Å². The number of hydrogen-bond acceptors (Lipinski definition) is 2. The number of nitrogens with zero attached hydrogens (tertiary/aromatic N) is 2. The predicted molar refractivity (Wildman–Crippen MR) is 103 cm³/mol. The number of hydrogen-bond donors (Lipinski definition) is 2. The van der Waals surface area contributed by atoms with E-state index >= 15 is 0 Å². The maximum absolute atomic E-state index is 4.66. The molecule has 0 bridgehead atoms. The van der Waals surface area contributed by atoms with E-state index in [2.05, 4.69) is 51.7 Å². The summed E-state index contributed by atoms with van der Waals surface area (Å²) >= 11 is 0. The quantitative estimate of drug-likeness (QED) is 0.414.